The van der Waals surface area contributed by atoms with Crippen LogP contribution in [0.4, 0.5) is 14.5 Å². The summed E-state index contributed by atoms with van der Waals surface area (Å²) in [5.41, 5.74) is 3.15. The molecule has 7 rings (SSSR count). The third kappa shape index (κ3) is 6.76. The van der Waals surface area contributed by atoms with Gasteiger partial charge in [0.25, 0.3) is 5.91 Å². The zero-order chi connectivity index (χ0) is 37.1. The van der Waals surface area contributed by atoms with Crippen molar-refractivity contribution in [2.75, 3.05) is 5.32 Å². The van der Waals surface area contributed by atoms with Crippen molar-refractivity contribution in [2.45, 2.75) is 68.7 Å². The van der Waals surface area contributed by atoms with Crippen molar-refractivity contribution < 1.29 is 42.3 Å². The molecule has 2 saturated heterocycles. The van der Waals surface area contributed by atoms with Crippen LogP contribution in [-0.2, 0) is 24.6 Å². The number of fused-ring (bicyclic) bond motifs is 3. The van der Waals surface area contributed by atoms with Gasteiger partial charge >= 0.3 is 13.3 Å². The molecule has 3 fully saturated rings. The fourth-order valence-corrected chi connectivity index (χ4v) is 9.02. The number of hydrogen-bond donors (Lipinski definition) is 5. The summed E-state index contributed by atoms with van der Waals surface area (Å²) in [6.07, 6.45) is 3.08. The standard InChI is InChI=1S/C37H37F2N4O7PS/c1-19(33(40)44)27-16-21(20-5-3-2-4-6-20)7-10-28(27)41-34(45)30-11-9-26-15-22-13-23(22)17-29(36(47)43(26)30)42-35(46)32-18-24-14-25(8-12-31(24)52-32)37(38,39)51(48,49)50/h2-8,10,12,14,16,18-19,22-23,26,29-30H,9,11,13,15,17H2,1H3,(H2,40,44)(H,41,45)(H,42,46)(H2,48,49,50)/t19?,22-,23+,26-,29+,30+/m1/s1. The quantitative estimate of drug-likeness (QED) is 0.132. The molecule has 11 nitrogen and oxygen atoms in total. The van der Waals surface area contributed by atoms with Crippen LogP contribution in [0, 0.1) is 11.8 Å². The van der Waals surface area contributed by atoms with E-state index in [4.69, 9.17) is 15.5 Å². The highest BCUT2D eigenvalue weighted by atomic mass is 32.1. The molecule has 3 aliphatic rings. The van der Waals surface area contributed by atoms with Crippen molar-refractivity contribution in [3.63, 3.8) is 0 Å². The zero-order valence-corrected chi connectivity index (χ0v) is 29.7. The highest BCUT2D eigenvalue weighted by Crippen LogP contribution is 2.59. The minimum atomic E-state index is -5.79. The van der Waals surface area contributed by atoms with Crippen LogP contribution < -0.4 is 16.4 Å². The maximum Gasteiger partial charge on any atom is 0.399 e. The van der Waals surface area contributed by atoms with E-state index in [0.29, 0.717) is 41.1 Å². The first-order chi connectivity index (χ1) is 24.6. The number of hydrogen-bond acceptors (Lipinski definition) is 6. The molecule has 1 aliphatic carbocycles. The molecule has 6 atom stereocenters. The lowest BCUT2D eigenvalue weighted by atomic mass is 9.93. The Balaban J connectivity index is 1.12. The Morgan fingerprint density at radius 3 is 2.40 bits per heavy atom. The number of nitrogens with one attached hydrogen (secondary N) is 2. The maximum absolute atomic E-state index is 14.4. The number of amides is 4. The van der Waals surface area contributed by atoms with Gasteiger partial charge in [0.1, 0.15) is 12.1 Å². The number of thiophene rings is 1. The number of primary amides is 1. The molecule has 2 aliphatic heterocycles. The molecule has 272 valence electrons. The van der Waals surface area contributed by atoms with Gasteiger partial charge in [0.05, 0.1) is 10.8 Å². The van der Waals surface area contributed by atoms with Crippen LogP contribution in [0.15, 0.2) is 72.8 Å². The molecule has 0 bridgehead atoms. The summed E-state index contributed by atoms with van der Waals surface area (Å²) in [5, 5.41) is 6.01. The maximum atomic E-state index is 14.4. The van der Waals surface area contributed by atoms with Crippen molar-refractivity contribution in [3.05, 3.63) is 88.8 Å². The second-order valence-electron chi connectivity index (χ2n) is 14.0. The minimum Gasteiger partial charge on any atom is -0.369 e. The number of rotatable bonds is 9. The Labute approximate surface area is 301 Å². The summed E-state index contributed by atoms with van der Waals surface area (Å²) in [4.78, 5) is 74.2. The highest BCUT2D eigenvalue weighted by molar-refractivity contribution is 7.52. The van der Waals surface area contributed by atoms with E-state index >= 15 is 0 Å². The lowest BCUT2D eigenvalue weighted by Crippen LogP contribution is -2.55. The summed E-state index contributed by atoms with van der Waals surface area (Å²) in [5.74, 6) is -2.06. The Morgan fingerprint density at radius 2 is 1.69 bits per heavy atom. The monoisotopic (exact) mass is 750 g/mol. The third-order valence-corrected chi connectivity index (χ3v) is 12.7. The van der Waals surface area contributed by atoms with Gasteiger partial charge in [-0.2, -0.15) is 8.78 Å². The SMILES string of the molecule is CC(C(N)=O)c1cc(-c2ccccc2)ccc1NC(=O)[C@@H]1CC[C@@H]2C[C@H]3C[C@H]3C[C@H](NC(=O)c3cc4cc(C(F)(F)P(=O)(O)O)ccc4s3)C(=O)N21. The van der Waals surface area contributed by atoms with E-state index in [1.807, 2.05) is 42.5 Å². The Bertz CT molecular complexity index is 2140. The molecule has 6 N–H and O–H groups in total. The van der Waals surface area contributed by atoms with E-state index in [1.165, 1.54) is 12.1 Å². The molecule has 0 spiro atoms. The van der Waals surface area contributed by atoms with E-state index in [2.05, 4.69) is 10.6 Å². The van der Waals surface area contributed by atoms with E-state index in [0.717, 1.165) is 47.4 Å². The molecule has 3 aromatic carbocycles. The predicted octanol–water partition coefficient (Wildman–Crippen LogP) is 5.91. The fraction of sp³-hybridized carbons (Fsp3) is 0.351. The number of carbonyl (C=O) groups is 4. The summed E-state index contributed by atoms with van der Waals surface area (Å²) in [6, 6.07) is 17.5. The van der Waals surface area contributed by atoms with Crippen molar-refractivity contribution in [2.24, 2.45) is 17.6 Å². The number of carbonyl (C=O) groups excluding carboxylic acids is 4. The van der Waals surface area contributed by atoms with Gasteiger partial charge in [0.2, 0.25) is 17.7 Å². The van der Waals surface area contributed by atoms with Gasteiger partial charge in [-0.15, -0.1) is 11.3 Å². The molecule has 4 aromatic rings. The Morgan fingerprint density at radius 1 is 0.962 bits per heavy atom. The molecular formula is C37H37F2N4O7PS. The van der Waals surface area contributed by atoms with Crippen molar-refractivity contribution in [3.8, 4) is 11.1 Å². The second-order valence-corrected chi connectivity index (χ2v) is 16.7. The summed E-state index contributed by atoms with van der Waals surface area (Å²) in [7, 11) is -5.79. The molecule has 52 heavy (non-hydrogen) atoms. The van der Waals surface area contributed by atoms with Gasteiger partial charge in [0.15, 0.2) is 0 Å². The van der Waals surface area contributed by atoms with Crippen LogP contribution in [0.5, 0.6) is 0 Å². The van der Waals surface area contributed by atoms with Crippen molar-refractivity contribution in [1.29, 1.82) is 0 Å². The zero-order valence-electron chi connectivity index (χ0n) is 28.0. The highest BCUT2D eigenvalue weighted by Gasteiger charge is 2.52. The fourth-order valence-electron chi connectivity index (χ4n) is 7.60. The number of nitrogens with two attached hydrogens (primary N) is 1. The molecular weight excluding hydrogens is 713 g/mol. The van der Waals surface area contributed by atoms with Crippen LogP contribution in [0.1, 0.15) is 65.7 Å². The summed E-state index contributed by atoms with van der Waals surface area (Å²) < 4.78 is 40.6. The summed E-state index contributed by atoms with van der Waals surface area (Å²) >= 11 is 1.00. The largest absolute Gasteiger partial charge is 0.399 e. The van der Waals surface area contributed by atoms with Crippen LogP contribution in [0.2, 0.25) is 0 Å². The second kappa shape index (κ2) is 13.5. The Hall–Kier alpha value is -4.49. The van der Waals surface area contributed by atoms with Crippen molar-refractivity contribution in [1.82, 2.24) is 10.2 Å². The molecule has 1 unspecified atom stereocenters. The Kier molecular flexibility index (Phi) is 9.31. The van der Waals surface area contributed by atoms with Gasteiger partial charge in [-0.05, 0) is 103 Å². The number of anilines is 1. The van der Waals surface area contributed by atoms with Gasteiger partial charge < -0.3 is 31.1 Å². The van der Waals surface area contributed by atoms with Gasteiger partial charge in [0, 0.05) is 22.0 Å². The van der Waals surface area contributed by atoms with E-state index in [9.17, 15) is 32.5 Å². The first kappa shape index (κ1) is 35.9. The molecule has 0 radical (unpaired) electrons. The van der Waals surface area contributed by atoms with Crippen LogP contribution in [0.3, 0.4) is 0 Å². The topological polar surface area (TPSA) is 179 Å². The average Bonchev–Trinajstić information content (AvgIpc) is 3.46. The first-order valence-electron chi connectivity index (χ1n) is 17.0. The third-order valence-electron chi connectivity index (χ3n) is 10.6. The molecule has 15 heteroatoms. The number of alkyl halides is 2. The lowest BCUT2D eigenvalue weighted by Gasteiger charge is -2.35. The first-order valence-corrected chi connectivity index (χ1v) is 19.5. The molecule has 3 heterocycles. The van der Waals surface area contributed by atoms with Crippen LogP contribution in [0.25, 0.3) is 21.2 Å². The van der Waals surface area contributed by atoms with E-state index in [1.54, 1.807) is 17.9 Å². The number of benzene rings is 3. The van der Waals surface area contributed by atoms with Gasteiger partial charge in [-0.3, -0.25) is 23.7 Å². The van der Waals surface area contributed by atoms with Gasteiger partial charge in [-0.1, -0.05) is 42.5 Å². The summed E-state index contributed by atoms with van der Waals surface area (Å²) in [6.45, 7) is 1.67. The number of nitrogens with zero attached hydrogens (tertiary/aromatic N) is 1. The van der Waals surface area contributed by atoms with E-state index < -0.39 is 54.5 Å². The van der Waals surface area contributed by atoms with Crippen LogP contribution >= 0.6 is 18.9 Å². The van der Waals surface area contributed by atoms with Gasteiger partial charge in [-0.25, -0.2) is 0 Å². The lowest BCUT2D eigenvalue weighted by molar-refractivity contribution is -0.141. The molecule has 1 aromatic heterocycles. The molecule has 1 saturated carbocycles. The van der Waals surface area contributed by atoms with Crippen molar-refractivity contribution >= 4 is 58.3 Å². The smallest absolute Gasteiger partial charge is 0.369 e. The van der Waals surface area contributed by atoms with Crippen LogP contribution in [-0.4, -0.2) is 56.4 Å². The van der Waals surface area contributed by atoms with E-state index in [-0.39, 0.29) is 28.1 Å². The average molecular weight is 751 g/mol. The normalized spacial score (nSPS) is 23.6. The number of halogens is 2. The minimum absolute atomic E-state index is 0.135. The predicted molar refractivity (Wildman–Crippen MR) is 192 cm³/mol. The molecule has 4 amide bonds.